The van der Waals surface area contributed by atoms with Gasteiger partial charge in [0.2, 0.25) is 5.91 Å². The first-order valence-electron chi connectivity index (χ1n) is 6.48. The summed E-state index contributed by atoms with van der Waals surface area (Å²) in [6, 6.07) is 12.3. The molecule has 0 bridgehead atoms. The monoisotopic (exact) mass is 242 g/mol. The number of benzene rings is 1. The van der Waals surface area contributed by atoms with Crippen LogP contribution in [0.2, 0.25) is 0 Å². The third kappa shape index (κ3) is 2.70. The van der Waals surface area contributed by atoms with E-state index in [1.54, 1.807) is 4.90 Å². The van der Waals surface area contributed by atoms with Crippen LogP contribution in [0.5, 0.6) is 0 Å². The van der Waals surface area contributed by atoms with Gasteiger partial charge in [-0.25, -0.2) is 0 Å². The zero-order valence-electron chi connectivity index (χ0n) is 10.7. The molecule has 0 radical (unpaired) electrons. The second-order valence-electron chi connectivity index (χ2n) is 4.69. The molecule has 1 saturated carbocycles. The molecule has 0 aliphatic heterocycles. The summed E-state index contributed by atoms with van der Waals surface area (Å²) in [5.41, 5.74) is 1.26. The maximum absolute atomic E-state index is 12.2. The maximum atomic E-state index is 12.2. The Morgan fingerprint density at radius 3 is 2.78 bits per heavy atom. The van der Waals surface area contributed by atoms with Gasteiger partial charge in [0.25, 0.3) is 0 Å². The number of hydrogen-bond donors (Lipinski definition) is 0. The molecule has 94 valence electrons. The van der Waals surface area contributed by atoms with Crippen molar-refractivity contribution < 1.29 is 4.79 Å². The minimum atomic E-state index is 0.131. The van der Waals surface area contributed by atoms with Gasteiger partial charge in [-0.05, 0) is 24.8 Å². The maximum Gasteiger partial charge on any atom is 0.226 e. The summed E-state index contributed by atoms with van der Waals surface area (Å²) in [6.45, 7) is 3.22. The third-order valence-corrected chi connectivity index (χ3v) is 3.52. The van der Waals surface area contributed by atoms with Gasteiger partial charge in [0.05, 0.1) is 12.5 Å². The smallest absolute Gasteiger partial charge is 0.226 e. The molecule has 1 fully saturated rings. The molecule has 1 aromatic carbocycles. The summed E-state index contributed by atoms with van der Waals surface area (Å²) in [7, 11) is 0. The molecule has 1 amide bonds. The van der Waals surface area contributed by atoms with Crippen LogP contribution in [0, 0.1) is 17.2 Å². The Morgan fingerprint density at radius 2 is 2.17 bits per heavy atom. The second-order valence-corrected chi connectivity index (χ2v) is 4.69. The fraction of sp³-hybridized carbons (Fsp3) is 0.467. The Bertz CT molecular complexity index is 449. The number of carbonyl (C=O) groups excluding carboxylic acids is 1. The lowest BCUT2D eigenvalue weighted by Crippen LogP contribution is -2.33. The molecule has 2 rings (SSSR count). The second kappa shape index (κ2) is 5.68. The van der Waals surface area contributed by atoms with E-state index in [1.165, 1.54) is 5.56 Å². The highest BCUT2D eigenvalue weighted by molar-refractivity contribution is 5.83. The summed E-state index contributed by atoms with van der Waals surface area (Å²) >= 11 is 0. The van der Waals surface area contributed by atoms with Crippen molar-refractivity contribution in [2.24, 2.45) is 5.92 Å². The summed E-state index contributed by atoms with van der Waals surface area (Å²) < 4.78 is 0. The van der Waals surface area contributed by atoms with Gasteiger partial charge in [0, 0.05) is 19.0 Å². The van der Waals surface area contributed by atoms with Crippen molar-refractivity contribution >= 4 is 5.91 Å². The predicted molar refractivity (Wildman–Crippen MR) is 69.8 cm³/mol. The number of hydrogen-bond acceptors (Lipinski definition) is 2. The predicted octanol–water partition coefficient (Wildman–Crippen LogP) is 2.55. The fourth-order valence-corrected chi connectivity index (χ4v) is 2.38. The fourth-order valence-electron chi connectivity index (χ4n) is 2.38. The first-order valence-corrected chi connectivity index (χ1v) is 6.48. The Hall–Kier alpha value is -1.82. The van der Waals surface area contributed by atoms with E-state index in [1.807, 2.05) is 25.1 Å². The van der Waals surface area contributed by atoms with E-state index in [0.29, 0.717) is 25.4 Å². The Labute approximate surface area is 108 Å². The first-order chi connectivity index (χ1) is 8.77. The van der Waals surface area contributed by atoms with E-state index in [9.17, 15) is 4.79 Å². The van der Waals surface area contributed by atoms with Crippen LogP contribution in [-0.2, 0) is 4.79 Å². The molecule has 3 heteroatoms. The zero-order chi connectivity index (χ0) is 13.0. The van der Waals surface area contributed by atoms with Crippen LogP contribution < -0.4 is 0 Å². The Balaban J connectivity index is 1.94. The van der Waals surface area contributed by atoms with Gasteiger partial charge in [0.15, 0.2) is 0 Å². The highest BCUT2D eigenvalue weighted by Crippen LogP contribution is 2.48. The van der Waals surface area contributed by atoms with Crippen molar-refractivity contribution in [3.8, 4) is 6.07 Å². The van der Waals surface area contributed by atoms with E-state index in [4.69, 9.17) is 5.26 Å². The summed E-state index contributed by atoms with van der Waals surface area (Å²) in [5.74, 6) is 0.725. The van der Waals surface area contributed by atoms with Crippen LogP contribution in [-0.4, -0.2) is 23.9 Å². The van der Waals surface area contributed by atoms with Gasteiger partial charge in [-0.2, -0.15) is 5.26 Å². The van der Waals surface area contributed by atoms with E-state index >= 15 is 0 Å². The van der Waals surface area contributed by atoms with E-state index in [2.05, 4.69) is 18.2 Å². The minimum absolute atomic E-state index is 0.131. The van der Waals surface area contributed by atoms with Gasteiger partial charge in [-0.3, -0.25) is 4.79 Å². The summed E-state index contributed by atoms with van der Waals surface area (Å²) in [4.78, 5) is 14.0. The number of carbonyl (C=O) groups is 1. The zero-order valence-corrected chi connectivity index (χ0v) is 10.7. The van der Waals surface area contributed by atoms with Gasteiger partial charge in [-0.15, -0.1) is 0 Å². The van der Waals surface area contributed by atoms with Crippen molar-refractivity contribution in [2.45, 2.75) is 25.7 Å². The van der Waals surface area contributed by atoms with Crippen LogP contribution in [0.3, 0.4) is 0 Å². The van der Waals surface area contributed by atoms with Crippen molar-refractivity contribution in [1.29, 1.82) is 5.26 Å². The third-order valence-electron chi connectivity index (χ3n) is 3.52. The SMILES string of the molecule is CCN(CCC#N)C(=O)C1CC1c1ccccc1. The topological polar surface area (TPSA) is 44.1 Å². The quantitative estimate of drug-likeness (QED) is 0.796. The average Bonchev–Trinajstić information content (AvgIpc) is 3.20. The lowest BCUT2D eigenvalue weighted by Gasteiger charge is -2.19. The molecule has 0 heterocycles. The molecule has 18 heavy (non-hydrogen) atoms. The van der Waals surface area contributed by atoms with Crippen LogP contribution in [0.1, 0.15) is 31.2 Å². The van der Waals surface area contributed by atoms with E-state index < -0.39 is 0 Å². The van der Waals surface area contributed by atoms with Gasteiger partial charge in [0.1, 0.15) is 0 Å². The number of amides is 1. The van der Waals surface area contributed by atoms with E-state index in [0.717, 1.165) is 6.42 Å². The highest BCUT2D eigenvalue weighted by Gasteiger charge is 2.45. The van der Waals surface area contributed by atoms with Crippen LogP contribution >= 0.6 is 0 Å². The molecule has 0 aromatic heterocycles. The molecule has 0 saturated heterocycles. The number of nitriles is 1. The normalized spacial score (nSPS) is 21.1. The molecule has 3 nitrogen and oxygen atoms in total. The summed E-state index contributed by atoms with van der Waals surface area (Å²) in [5, 5.41) is 8.59. The molecule has 1 aromatic rings. The van der Waals surface area contributed by atoms with Crippen molar-refractivity contribution in [1.82, 2.24) is 4.90 Å². The van der Waals surface area contributed by atoms with Gasteiger partial charge < -0.3 is 4.90 Å². The molecular formula is C15H18N2O. The molecule has 2 atom stereocenters. The first kappa shape index (κ1) is 12.6. The molecule has 2 unspecified atom stereocenters. The number of rotatable bonds is 5. The van der Waals surface area contributed by atoms with Gasteiger partial charge in [-0.1, -0.05) is 30.3 Å². The van der Waals surface area contributed by atoms with Crippen LogP contribution in [0.25, 0.3) is 0 Å². The lowest BCUT2D eigenvalue weighted by molar-refractivity contribution is -0.132. The molecule has 1 aliphatic rings. The molecular weight excluding hydrogens is 224 g/mol. The molecule has 0 spiro atoms. The van der Waals surface area contributed by atoms with Crippen LogP contribution in [0.15, 0.2) is 30.3 Å². The largest absolute Gasteiger partial charge is 0.342 e. The average molecular weight is 242 g/mol. The number of nitrogens with zero attached hydrogens (tertiary/aromatic N) is 2. The standard InChI is InChI=1S/C15H18N2O/c1-2-17(10-6-9-16)15(18)14-11-13(14)12-7-4-3-5-8-12/h3-5,7-8,13-14H,2,6,10-11H2,1H3. The van der Waals surface area contributed by atoms with Crippen molar-refractivity contribution in [3.05, 3.63) is 35.9 Å². The molecule has 0 N–H and O–H groups in total. The van der Waals surface area contributed by atoms with Gasteiger partial charge >= 0.3 is 0 Å². The lowest BCUT2D eigenvalue weighted by atomic mass is 10.1. The van der Waals surface area contributed by atoms with Crippen LogP contribution in [0.4, 0.5) is 0 Å². The van der Waals surface area contributed by atoms with E-state index in [-0.39, 0.29) is 11.8 Å². The Kier molecular flexibility index (Phi) is 3.99. The highest BCUT2D eigenvalue weighted by atomic mass is 16.2. The molecule has 1 aliphatic carbocycles. The summed E-state index contributed by atoms with van der Waals surface area (Å²) in [6.07, 6.45) is 1.37. The van der Waals surface area contributed by atoms with Crippen molar-refractivity contribution in [2.75, 3.05) is 13.1 Å². The Morgan fingerprint density at radius 1 is 1.44 bits per heavy atom. The minimum Gasteiger partial charge on any atom is -0.342 e. The van der Waals surface area contributed by atoms with Crippen molar-refractivity contribution in [3.63, 3.8) is 0 Å².